The molecule has 4 aromatic carbocycles. The summed E-state index contributed by atoms with van der Waals surface area (Å²) in [6.07, 6.45) is 2.52. The van der Waals surface area contributed by atoms with Crippen LogP contribution in [0.15, 0.2) is 95.5 Å². The quantitative estimate of drug-likeness (QED) is 0.181. The van der Waals surface area contributed by atoms with Gasteiger partial charge in [-0.2, -0.15) is 0 Å². The zero-order chi connectivity index (χ0) is 39.4. The van der Waals surface area contributed by atoms with Crippen LogP contribution >= 0.6 is 15.9 Å². The Hall–Kier alpha value is -4.29. The van der Waals surface area contributed by atoms with Crippen molar-refractivity contribution in [2.75, 3.05) is 30.1 Å². The topological polar surface area (TPSA) is 99.6 Å². The Morgan fingerprint density at radius 3 is 2.48 bits per heavy atom. The molecule has 1 N–H and O–H groups in total. The lowest BCUT2D eigenvalue weighted by Gasteiger charge is -2.39. The third-order valence-electron chi connectivity index (χ3n) is 12.9. The van der Waals surface area contributed by atoms with Gasteiger partial charge in [0.25, 0.3) is 5.91 Å². The highest BCUT2D eigenvalue weighted by molar-refractivity contribution is 9.10. The van der Waals surface area contributed by atoms with E-state index < -0.39 is 19.8 Å². The van der Waals surface area contributed by atoms with Gasteiger partial charge in [-0.25, -0.2) is 0 Å². The second kappa shape index (κ2) is 15.2. The van der Waals surface area contributed by atoms with Gasteiger partial charge in [0.2, 0.25) is 11.8 Å². The molecule has 292 valence electrons. The maximum Gasteiger partial charge on any atom is 0.264 e. The van der Waals surface area contributed by atoms with E-state index in [4.69, 9.17) is 9.47 Å². The maximum atomic E-state index is 15.4. The van der Waals surface area contributed by atoms with E-state index in [1.54, 1.807) is 7.11 Å². The Morgan fingerprint density at radius 2 is 1.75 bits per heavy atom. The van der Waals surface area contributed by atoms with E-state index >= 15 is 4.79 Å². The number of aliphatic hydroxyl groups excluding tert-OH is 1. The maximum absolute atomic E-state index is 15.4. The van der Waals surface area contributed by atoms with Crippen LogP contribution in [-0.2, 0) is 44.2 Å². The molecule has 4 aliphatic rings. The number of carbonyl (C=O) groups excluding carboxylic acids is 3. The summed E-state index contributed by atoms with van der Waals surface area (Å²) in [5, 5.41) is 11.7. The Bertz CT molecular complexity index is 2160. The van der Waals surface area contributed by atoms with Crippen molar-refractivity contribution in [3.63, 3.8) is 0 Å². The third-order valence-corrected chi connectivity index (χ3v) is 17.8. The number of rotatable bonds is 9. The first kappa shape index (κ1) is 38.6. The smallest absolute Gasteiger partial charge is 0.264 e. The number of benzene rings is 4. The third kappa shape index (κ3) is 6.60. The lowest BCUT2D eigenvalue weighted by molar-refractivity contribution is -0.151. The van der Waals surface area contributed by atoms with Crippen molar-refractivity contribution in [3.05, 3.63) is 118 Å². The molecular weight excluding hydrogens is 786 g/mol. The van der Waals surface area contributed by atoms with Crippen LogP contribution in [0.2, 0.25) is 18.6 Å². The zero-order valence-electron chi connectivity index (χ0n) is 32.5. The predicted octanol–water partition coefficient (Wildman–Crippen LogP) is 7.07. The highest BCUT2D eigenvalue weighted by Gasteiger charge is 2.66. The van der Waals surface area contributed by atoms with Crippen molar-refractivity contribution in [1.82, 2.24) is 4.90 Å². The van der Waals surface area contributed by atoms with E-state index in [0.717, 1.165) is 56.7 Å². The summed E-state index contributed by atoms with van der Waals surface area (Å²) < 4.78 is 13.7. The summed E-state index contributed by atoms with van der Waals surface area (Å²) >= 11 is 3.71. The first-order chi connectivity index (χ1) is 27.0. The number of nitrogens with zero attached hydrogens (tertiary/aromatic N) is 3. The van der Waals surface area contributed by atoms with E-state index in [-0.39, 0.29) is 48.3 Å². The normalized spacial score (nSPS) is 24.8. The van der Waals surface area contributed by atoms with Crippen LogP contribution < -0.4 is 19.7 Å². The molecule has 4 heterocycles. The Kier molecular flexibility index (Phi) is 10.5. The molecule has 0 bridgehead atoms. The van der Waals surface area contributed by atoms with Gasteiger partial charge in [0.1, 0.15) is 5.75 Å². The van der Waals surface area contributed by atoms with Crippen LogP contribution in [0, 0.1) is 5.92 Å². The van der Waals surface area contributed by atoms with Crippen LogP contribution in [0.4, 0.5) is 11.4 Å². The molecule has 0 aromatic heterocycles. The molecule has 9 nitrogen and oxygen atoms in total. The van der Waals surface area contributed by atoms with Gasteiger partial charge in [-0.05, 0) is 84.0 Å². The minimum Gasteiger partial charge on any atom is -0.497 e. The molecule has 4 aliphatic heterocycles. The fourth-order valence-corrected chi connectivity index (χ4v) is 14.4. The molecule has 2 fully saturated rings. The molecule has 0 aliphatic carbocycles. The van der Waals surface area contributed by atoms with Crippen molar-refractivity contribution in [1.29, 1.82) is 0 Å². The molecule has 5 atom stereocenters. The van der Waals surface area contributed by atoms with Crippen LogP contribution in [0.25, 0.3) is 0 Å². The van der Waals surface area contributed by atoms with E-state index in [1.165, 1.54) is 5.19 Å². The number of fused-ring (bicyclic) bond motifs is 3. The fourth-order valence-electron chi connectivity index (χ4n) is 10.1. The first-order valence-corrected chi connectivity index (χ1v) is 23.6. The molecule has 0 saturated carbocycles. The average Bonchev–Trinajstić information content (AvgIpc) is 3.63. The highest BCUT2D eigenvalue weighted by atomic mass is 79.9. The number of hydrogen-bond acceptors (Lipinski definition) is 6. The molecule has 8 rings (SSSR count). The standard InChI is InChI=1S/C45H50BrN3O6Si/c1-29-43(56(3,4)37-18-16-36(54-2)17-19-37)40(25-42(52)48-27-32-12-6-5-11-31(32)23-35(48)28-50)55-45(29)38-24-33(46)15-20-39(38)49(44(45)53)26-30-10-9-13-34(22-30)47-21-8-7-14-41(47)51/h5-6,9-13,15-20,22,24,29,35,40,43,50H,7-8,14,21,23,25-28H2,1-4H3/t29-,35-,40+,43-,45+/m0/s1. The van der Waals surface area contributed by atoms with Gasteiger partial charge in [0.05, 0.1) is 52.6 Å². The van der Waals surface area contributed by atoms with Crippen molar-refractivity contribution in [3.8, 4) is 5.75 Å². The van der Waals surface area contributed by atoms with Crippen LogP contribution in [0.5, 0.6) is 5.75 Å². The van der Waals surface area contributed by atoms with Gasteiger partial charge >= 0.3 is 0 Å². The number of hydrogen-bond donors (Lipinski definition) is 1. The average molecular weight is 837 g/mol. The summed E-state index contributed by atoms with van der Waals surface area (Å²) in [4.78, 5) is 48.4. The lowest BCUT2D eigenvalue weighted by Crippen LogP contribution is -2.52. The van der Waals surface area contributed by atoms with Crippen LogP contribution in [-0.4, -0.2) is 68.2 Å². The van der Waals surface area contributed by atoms with Crippen molar-refractivity contribution < 1.29 is 29.0 Å². The van der Waals surface area contributed by atoms with Gasteiger partial charge < -0.3 is 29.3 Å². The number of piperidine rings is 1. The number of ether oxygens (including phenoxy) is 2. The molecule has 0 radical (unpaired) electrons. The molecular formula is C45H50BrN3O6Si. The zero-order valence-corrected chi connectivity index (χ0v) is 35.1. The van der Waals surface area contributed by atoms with E-state index in [0.29, 0.717) is 32.5 Å². The van der Waals surface area contributed by atoms with E-state index in [1.807, 2.05) is 81.4 Å². The van der Waals surface area contributed by atoms with Gasteiger partial charge in [-0.1, -0.05) is 89.7 Å². The Labute approximate surface area is 338 Å². The van der Waals surface area contributed by atoms with Gasteiger partial charge in [-0.15, -0.1) is 0 Å². The fraction of sp³-hybridized carbons (Fsp3) is 0.400. The van der Waals surface area contributed by atoms with Crippen molar-refractivity contribution in [2.24, 2.45) is 5.92 Å². The predicted molar refractivity (Wildman–Crippen MR) is 224 cm³/mol. The highest BCUT2D eigenvalue weighted by Crippen LogP contribution is 2.60. The number of halogens is 1. The molecule has 4 aromatic rings. The minimum atomic E-state index is -2.52. The van der Waals surface area contributed by atoms with Gasteiger partial charge in [-0.3, -0.25) is 14.4 Å². The molecule has 3 amide bonds. The van der Waals surface area contributed by atoms with Crippen LogP contribution in [0.3, 0.4) is 0 Å². The largest absolute Gasteiger partial charge is 0.497 e. The number of anilines is 2. The number of carbonyl (C=O) groups is 3. The molecule has 0 unspecified atom stereocenters. The minimum absolute atomic E-state index is 0.0850. The molecule has 11 heteroatoms. The SMILES string of the molecule is COc1ccc([Si](C)(C)[C@@H]2[C@@H](CC(=O)N3Cc4ccccc4C[C@H]3CO)O[C@]3(C(=O)N(Cc4cccc(N5CCCCC5=O)c4)c4ccc(Br)cc43)[C@H]2C)cc1. The van der Waals surface area contributed by atoms with E-state index in [2.05, 4.69) is 60.2 Å². The summed E-state index contributed by atoms with van der Waals surface area (Å²) in [5.74, 6) is 0.382. The lowest BCUT2D eigenvalue weighted by atomic mass is 9.82. The number of methoxy groups -OCH3 is 1. The summed E-state index contributed by atoms with van der Waals surface area (Å²) in [6.45, 7) is 8.04. The summed E-state index contributed by atoms with van der Waals surface area (Å²) in [6, 6.07) is 29.9. The molecule has 56 heavy (non-hydrogen) atoms. The second-order valence-electron chi connectivity index (χ2n) is 16.4. The monoisotopic (exact) mass is 835 g/mol. The first-order valence-electron chi connectivity index (χ1n) is 19.8. The Morgan fingerprint density at radius 1 is 0.982 bits per heavy atom. The second-order valence-corrected chi connectivity index (χ2v) is 22.0. The molecule has 2 saturated heterocycles. The van der Waals surface area contributed by atoms with Crippen molar-refractivity contribution >= 4 is 58.3 Å². The number of amides is 3. The summed E-state index contributed by atoms with van der Waals surface area (Å²) in [7, 11) is -0.858. The Balaban J connectivity index is 1.18. The van der Waals surface area contributed by atoms with Gasteiger partial charge in [0.15, 0.2) is 5.60 Å². The van der Waals surface area contributed by atoms with E-state index in [9.17, 15) is 14.7 Å². The molecule has 1 spiro atoms. The summed E-state index contributed by atoms with van der Waals surface area (Å²) in [5.41, 5.74) is 4.12. The van der Waals surface area contributed by atoms with Crippen molar-refractivity contribution in [2.45, 2.75) is 88.5 Å². The number of aliphatic hydroxyl groups is 1. The van der Waals surface area contributed by atoms with Crippen LogP contribution in [0.1, 0.15) is 54.9 Å². The van der Waals surface area contributed by atoms with Gasteiger partial charge in [0, 0.05) is 41.2 Å².